The highest BCUT2D eigenvalue weighted by Gasteiger charge is 2.24. The third-order valence-electron chi connectivity index (χ3n) is 3.50. The number of alkyl halides is 1. The van der Waals surface area contributed by atoms with Crippen molar-refractivity contribution in [1.82, 2.24) is 0 Å². The second-order valence-electron chi connectivity index (χ2n) is 4.64. The van der Waals surface area contributed by atoms with Crippen molar-refractivity contribution in [2.75, 3.05) is 0 Å². The van der Waals surface area contributed by atoms with Gasteiger partial charge in [-0.2, -0.15) is 0 Å². The quantitative estimate of drug-likeness (QED) is 0.690. The van der Waals surface area contributed by atoms with Crippen LogP contribution in [0.4, 0.5) is 4.39 Å². The molecule has 1 heterocycles. The van der Waals surface area contributed by atoms with Crippen molar-refractivity contribution in [3.63, 3.8) is 0 Å². The van der Waals surface area contributed by atoms with Gasteiger partial charge in [0.1, 0.15) is 17.5 Å². The van der Waals surface area contributed by atoms with Crippen molar-refractivity contribution in [1.29, 1.82) is 0 Å². The van der Waals surface area contributed by atoms with Crippen molar-refractivity contribution < 1.29 is 8.81 Å². The Labute approximate surface area is 94.3 Å². The van der Waals surface area contributed by atoms with Crippen molar-refractivity contribution in [3.8, 4) is 0 Å². The first-order valence-corrected chi connectivity index (χ1v) is 5.95. The van der Waals surface area contributed by atoms with Crippen LogP contribution < -0.4 is 0 Å². The molecule has 0 spiro atoms. The average molecular weight is 218 g/mol. The molecule has 0 amide bonds. The van der Waals surface area contributed by atoms with Crippen LogP contribution in [0.25, 0.3) is 11.0 Å². The summed E-state index contributed by atoms with van der Waals surface area (Å²) >= 11 is 0. The molecule has 0 saturated heterocycles. The first kappa shape index (κ1) is 9.88. The zero-order chi connectivity index (χ0) is 11.0. The molecule has 0 atom stereocenters. The minimum atomic E-state index is -0.597. The van der Waals surface area contributed by atoms with E-state index >= 15 is 0 Å². The highest BCUT2D eigenvalue weighted by molar-refractivity contribution is 5.77. The highest BCUT2D eigenvalue weighted by Crippen LogP contribution is 2.36. The summed E-state index contributed by atoms with van der Waals surface area (Å²) in [4.78, 5) is 0. The largest absolute Gasteiger partial charge is 0.461 e. The van der Waals surface area contributed by atoms with Gasteiger partial charge in [0.25, 0.3) is 0 Å². The number of hydrogen-bond acceptors (Lipinski definition) is 1. The van der Waals surface area contributed by atoms with E-state index in [1.807, 2.05) is 18.2 Å². The molecule has 16 heavy (non-hydrogen) atoms. The molecule has 1 aromatic carbocycles. The van der Waals surface area contributed by atoms with Crippen molar-refractivity contribution in [3.05, 3.63) is 36.1 Å². The Kier molecular flexibility index (Phi) is 2.43. The molecule has 2 aromatic rings. The SMILES string of the molecule is FC1CCC(c2cc3ccccc3o2)CC1. The van der Waals surface area contributed by atoms with Crippen LogP contribution in [0.2, 0.25) is 0 Å². The van der Waals surface area contributed by atoms with Crippen molar-refractivity contribution in [2.45, 2.75) is 37.8 Å². The monoisotopic (exact) mass is 218 g/mol. The molecule has 84 valence electrons. The van der Waals surface area contributed by atoms with Crippen LogP contribution in [0.15, 0.2) is 34.7 Å². The number of rotatable bonds is 1. The summed E-state index contributed by atoms with van der Waals surface area (Å²) in [6.45, 7) is 0. The summed E-state index contributed by atoms with van der Waals surface area (Å²) in [5.41, 5.74) is 0.944. The van der Waals surface area contributed by atoms with Gasteiger partial charge in [0, 0.05) is 11.3 Å². The summed E-state index contributed by atoms with van der Waals surface area (Å²) in [5.74, 6) is 1.45. The zero-order valence-corrected chi connectivity index (χ0v) is 9.16. The Morgan fingerprint density at radius 3 is 2.56 bits per heavy atom. The van der Waals surface area contributed by atoms with E-state index in [9.17, 15) is 4.39 Å². The maximum absolute atomic E-state index is 13.0. The van der Waals surface area contributed by atoms with Gasteiger partial charge in [-0.1, -0.05) is 18.2 Å². The highest BCUT2D eigenvalue weighted by atomic mass is 19.1. The molecular formula is C14H15FO. The minimum Gasteiger partial charge on any atom is -0.461 e. The van der Waals surface area contributed by atoms with Gasteiger partial charge in [-0.3, -0.25) is 0 Å². The molecule has 0 unspecified atom stereocenters. The molecule has 0 bridgehead atoms. The molecule has 1 aliphatic carbocycles. The van der Waals surface area contributed by atoms with Gasteiger partial charge in [0.05, 0.1) is 0 Å². The van der Waals surface area contributed by atoms with Gasteiger partial charge in [-0.25, -0.2) is 4.39 Å². The van der Waals surface area contributed by atoms with Crippen LogP contribution in [-0.2, 0) is 0 Å². The average Bonchev–Trinajstić information content (AvgIpc) is 2.73. The fourth-order valence-electron chi connectivity index (χ4n) is 2.54. The molecule has 1 aliphatic rings. The van der Waals surface area contributed by atoms with Crippen molar-refractivity contribution in [2.24, 2.45) is 0 Å². The topological polar surface area (TPSA) is 13.1 Å². The maximum Gasteiger partial charge on any atom is 0.134 e. The first-order chi connectivity index (χ1) is 7.83. The summed E-state index contributed by atoms with van der Waals surface area (Å²) < 4.78 is 18.9. The van der Waals surface area contributed by atoms with E-state index in [1.54, 1.807) is 0 Å². The fraction of sp³-hybridized carbons (Fsp3) is 0.429. The number of fused-ring (bicyclic) bond motifs is 1. The van der Waals surface area contributed by atoms with Crippen LogP contribution in [0, 0.1) is 0 Å². The fourth-order valence-corrected chi connectivity index (χ4v) is 2.54. The normalized spacial score (nSPS) is 26.1. The van der Waals surface area contributed by atoms with Gasteiger partial charge < -0.3 is 4.42 Å². The molecule has 1 saturated carbocycles. The first-order valence-electron chi connectivity index (χ1n) is 5.95. The number of halogens is 1. The smallest absolute Gasteiger partial charge is 0.134 e. The summed E-state index contributed by atoms with van der Waals surface area (Å²) in [6, 6.07) is 10.1. The third kappa shape index (κ3) is 1.73. The molecule has 2 heteroatoms. The molecule has 0 aliphatic heterocycles. The molecule has 1 nitrogen and oxygen atoms in total. The predicted molar refractivity (Wildman–Crippen MR) is 62.3 cm³/mol. The van der Waals surface area contributed by atoms with Crippen LogP contribution in [-0.4, -0.2) is 6.17 Å². The van der Waals surface area contributed by atoms with Gasteiger partial charge in [-0.15, -0.1) is 0 Å². The molecule has 0 N–H and O–H groups in total. The van der Waals surface area contributed by atoms with Gasteiger partial charge >= 0.3 is 0 Å². The Balaban J connectivity index is 1.88. The van der Waals surface area contributed by atoms with Crippen LogP contribution in [0.3, 0.4) is 0 Å². The Morgan fingerprint density at radius 2 is 1.81 bits per heavy atom. The summed E-state index contributed by atoms with van der Waals surface area (Å²) in [6.07, 6.45) is 2.60. The van der Waals surface area contributed by atoms with Crippen molar-refractivity contribution >= 4 is 11.0 Å². The van der Waals surface area contributed by atoms with E-state index < -0.39 is 6.17 Å². The number of para-hydroxylation sites is 1. The van der Waals surface area contributed by atoms with Gasteiger partial charge in [0.15, 0.2) is 0 Å². The second-order valence-corrected chi connectivity index (χ2v) is 4.64. The Morgan fingerprint density at radius 1 is 1.06 bits per heavy atom. The summed E-state index contributed by atoms with van der Waals surface area (Å²) in [7, 11) is 0. The Hall–Kier alpha value is -1.31. The number of furan rings is 1. The second kappa shape index (κ2) is 3.93. The lowest BCUT2D eigenvalue weighted by molar-refractivity contribution is 0.226. The number of hydrogen-bond donors (Lipinski definition) is 0. The lowest BCUT2D eigenvalue weighted by Crippen LogP contribution is -2.12. The van der Waals surface area contributed by atoms with E-state index in [0.717, 1.165) is 29.6 Å². The third-order valence-corrected chi connectivity index (χ3v) is 3.50. The lowest BCUT2D eigenvalue weighted by Gasteiger charge is -2.22. The van der Waals surface area contributed by atoms with E-state index in [1.165, 1.54) is 0 Å². The molecule has 3 rings (SSSR count). The standard InChI is InChI=1S/C14H15FO/c15-12-7-5-10(6-8-12)14-9-11-3-1-2-4-13(11)16-14/h1-4,9-10,12H,5-8H2. The zero-order valence-electron chi connectivity index (χ0n) is 9.16. The maximum atomic E-state index is 13.0. The molecule has 1 aromatic heterocycles. The number of benzene rings is 1. The molecular weight excluding hydrogens is 203 g/mol. The minimum absolute atomic E-state index is 0.416. The lowest BCUT2D eigenvalue weighted by atomic mass is 9.86. The van der Waals surface area contributed by atoms with Gasteiger partial charge in [-0.05, 0) is 37.8 Å². The van der Waals surface area contributed by atoms with Crippen LogP contribution in [0.5, 0.6) is 0 Å². The molecule has 0 radical (unpaired) electrons. The summed E-state index contributed by atoms with van der Waals surface area (Å²) in [5, 5.41) is 1.15. The van der Waals surface area contributed by atoms with E-state index in [-0.39, 0.29) is 0 Å². The molecule has 1 fully saturated rings. The van der Waals surface area contributed by atoms with Crippen LogP contribution >= 0.6 is 0 Å². The van der Waals surface area contributed by atoms with Crippen LogP contribution in [0.1, 0.15) is 37.4 Å². The Bertz CT molecular complexity index is 447. The predicted octanol–water partition coefficient (Wildman–Crippen LogP) is 4.43. The van der Waals surface area contributed by atoms with E-state index in [4.69, 9.17) is 4.42 Å². The van der Waals surface area contributed by atoms with E-state index in [2.05, 4.69) is 12.1 Å². The van der Waals surface area contributed by atoms with E-state index in [0.29, 0.717) is 18.8 Å². The van der Waals surface area contributed by atoms with Gasteiger partial charge in [0.2, 0.25) is 0 Å².